The number of ether oxygens (including phenoxy) is 1. The van der Waals surface area contributed by atoms with Gasteiger partial charge in [-0.1, -0.05) is 17.8 Å². The number of aromatic amines is 1. The van der Waals surface area contributed by atoms with Crippen molar-refractivity contribution in [3.63, 3.8) is 0 Å². The Morgan fingerprint density at radius 3 is 3.07 bits per heavy atom. The molecule has 0 aromatic carbocycles. The number of thioether (sulfide) groups is 1. The summed E-state index contributed by atoms with van der Waals surface area (Å²) in [6, 6.07) is 4.05. The fourth-order valence-corrected chi connectivity index (χ4v) is 5.82. The third-order valence-corrected chi connectivity index (χ3v) is 7.35. The minimum absolute atomic E-state index is 0.168. The van der Waals surface area contributed by atoms with E-state index in [1.807, 2.05) is 17.5 Å². The highest BCUT2D eigenvalue weighted by Crippen LogP contribution is 2.39. The molecule has 152 valence electrons. The number of H-pyrrole nitrogens is 1. The van der Waals surface area contributed by atoms with Crippen LogP contribution in [0.25, 0.3) is 0 Å². The average Bonchev–Trinajstić information content (AvgIpc) is 3.46. The van der Waals surface area contributed by atoms with Crippen molar-refractivity contribution in [1.82, 2.24) is 15.2 Å². The molecule has 0 fully saturated rings. The van der Waals surface area contributed by atoms with Crippen molar-refractivity contribution in [2.75, 3.05) is 17.7 Å². The van der Waals surface area contributed by atoms with E-state index in [0.717, 1.165) is 30.7 Å². The average molecular weight is 449 g/mol. The lowest BCUT2D eigenvalue weighted by atomic mass is 10.1. The largest absolute Gasteiger partial charge is 0.462 e. The first-order chi connectivity index (χ1) is 14.1. The zero-order valence-corrected chi connectivity index (χ0v) is 18.3. The summed E-state index contributed by atoms with van der Waals surface area (Å²) >= 11 is 4.41. The van der Waals surface area contributed by atoms with E-state index in [-0.39, 0.29) is 17.6 Å². The molecule has 3 heterocycles. The van der Waals surface area contributed by atoms with Crippen LogP contribution < -0.4 is 5.32 Å². The molecule has 0 aliphatic heterocycles. The molecule has 29 heavy (non-hydrogen) atoms. The lowest BCUT2D eigenvalue weighted by Gasteiger charge is -2.07. The summed E-state index contributed by atoms with van der Waals surface area (Å²) in [5, 5.41) is 13.1. The number of carbonyl (C=O) groups is 2. The van der Waals surface area contributed by atoms with Gasteiger partial charge in [0.05, 0.1) is 17.9 Å². The van der Waals surface area contributed by atoms with Crippen LogP contribution in [0.2, 0.25) is 0 Å². The van der Waals surface area contributed by atoms with Gasteiger partial charge in [-0.15, -0.1) is 27.8 Å². The second kappa shape index (κ2) is 9.10. The van der Waals surface area contributed by atoms with E-state index in [0.29, 0.717) is 28.7 Å². The number of nitrogens with zero attached hydrogens (tertiary/aromatic N) is 2. The Labute approximate surface area is 180 Å². The number of esters is 1. The molecule has 4 rings (SSSR count). The van der Waals surface area contributed by atoms with Crippen LogP contribution in [0.5, 0.6) is 0 Å². The van der Waals surface area contributed by atoms with E-state index in [1.54, 1.807) is 18.3 Å². The number of aryl methyl sites for hydroxylation is 1. The maximum Gasteiger partial charge on any atom is 0.341 e. The smallest absolute Gasteiger partial charge is 0.341 e. The van der Waals surface area contributed by atoms with Crippen molar-refractivity contribution in [3.05, 3.63) is 44.2 Å². The molecule has 0 unspecified atom stereocenters. The third kappa shape index (κ3) is 4.71. The molecule has 1 aliphatic carbocycles. The van der Waals surface area contributed by atoms with Crippen molar-refractivity contribution in [2.45, 2.75) is 37.8 Å². The van der Waals surface area contributed by atoms with Crippen molar-refractivity contribution in [3.8, 4) is 0 Å². The summed E-state index contributed by atoms with van der Waals surface area (Å²) in [7, 11) is 0. The topological polar surface area (TPSA) is 97.0 Å². The summed E-state index contributed by atoms with van der Waals surface area (Å²) in [5.74, 6) is 0.392. The molecule has 0 radical (unpaired) electrons. The van der Waals surface area contributed by atoms with E-state index in [4.69, 9.17) is 4.74 Å². The maximum absolute atomic E-state index is 12.5. The van der Waals surface area contributed by atoms with Gasteiger partial charge >= 0.3 is 5.97 Å². The fraction of sp³-hybridized carbons (Fsp3) is 0.368. The normalized spacial score (nSPS) is 12.7. The van der Waals surface area contributed by atoms with Crippen molar-refractivity contribution >= 4 is 51.3 Å². The van der Waals surface area contributed by atoms with Gasteiger partial charge in [0.2, 0.25) is 11.1 Å². The van der Waals surface area contributed by atoms with Gasteiger partial charge in [-0.25, -0.2) is 9.78 Å². The van der Waals surface area contributed by atoms with Crippen LogP contribution in [0.3, 0.4) is 0 Å². The predicted molar refractivity (Wildman–Crippen MR) is 115 cm³/mol. The molecule has 7 nitrogen and oxygen atoms in total. The van der Waals surface area contributed by atoms with Crippen molar-refractivity contribution < 1.29 is 14.3 Å². The predicted octanol–water partition coefficient (Wildman–Crippen LogP) is 3.91. The minimum Gasteiger partial charge on any atom is -0.462 e. The number of rotatable bonds is 8. The number of anilines is 1. The Morgan fingerprint density at radius 2 is 2.28 bits per heavy atom. The fourth-order valence-electron chi connectivity index (χ4n) is 3.20. The highest BCUT2D eigenvalue weighted by molar-refractivity contribution is 7.99. The number of fused-ring (bicyclic) bond motifs is 1. The van der Waals surface area contributed by atoms with Crippen molar-refractivity contribution in [1.29, 1.82) is 0 Å². The van der Waals surface area contributed by atoms with E-state index in [2.05, 4.69) is 20.5 Å². The molecule has 0 spiro atoms. The van der Waals surface area contributed by atoms with Crippen LogP contribution in [-0.2, 0) is 28.8 Å². The molecule has 0 saturated heterocycles. The molecule has 3 aromatic rings. The van der Waals surface area contributed by atoms with Gasteiger partial charge in [-0.05, 0) is 43.2 Å². The van der Waals surface area contributed by atoms with Crippen LogP contribution in [0.15, 0.2) is 22.7 Å². The molecule has 0 saturated carbocycles. The summed E-state index contributed by atoms with van der Waals surface area (Å²) in [6.45, 7) is 2.09. The van der Waals surface area contributed by atoms with Gasteiger partial charge < -0.3 is 10.1 Å². The molecule has 1 aliphatic rings. The first-order valence-electron chi connectivity index (χ1n) is 9.32. The zero-order chi connectivity index (χ0) is 20.2. The highest BCUT2D eigenvalue weighted by atomic mass is 32.2. The van der Waals surface area contributed by atoms with Crippen LogP contribution in [0, 0.1) is 0 Å². The van der Waals surface area contributed by atoms with Gasteiger partial charge in [-0.2, -0.15) is 0 Å². The molecule has 3 aromatic heterocycles. The highest BCUT2D eigenvalue weighted by Gasteiger charge is 2.28. The number of hydrogen-bond acceptors (Lipinski definition) is 8. The van der Waals surface area contributed by atoms with Gasteiger partial charge in [0.15, 0.2) is 0 Å². The van der Waals surface area contributed by atoms with Crippen LogP contribution in [-0.4, -0.2) is 39.4 Å². The van der Waals surface area contributed by atoms with Crippen LogP contribution in [0.4, 0.5) is 5.00 Å². The zero-order valence-electron chi connectivity index (χ0n) is 15.8. The number of aromatic nitrogens is 3. The molecular formula is C19H20N4O3S3. The second-order valence-electron chi connectivity index (χ2n) is 6.44. The minimum atomic E-state index is -0.359. The Balaban J connectivity index is 1.37. The van der Waals surface area contributed by atoms with E-state index in [9.17, 15) is 9.59 Å². The molecule has 10 heteroatoms. The molecule has 1 amide bonds. The molecular weight excluding hydrogens is 428 g/mol. The Morgan fingerprint density at radius 1 is 1.38 bits per heavy atom. The molecule has 0 bridgehead atoms. The lowest BCUT2D eigenvalue weighted by Crippen LogP contribution is -2.16. The van der Waals surface area contributed by atoms with E-state index < -0.39 is 0 Å². The number of hydrogen-bond donors (Lipinski definition) is 2. The van der Waals surface area contributed by atoms with E-state index >= 15 is 0 Å². The Kier molecular flexibility index (Phi) is 6.31. The van der Waals surface area contributed by atoms with Gasteiger partial charge in [0, 0.05) is 16.2 Å². The van der Waals surface area contributed by atoms with E-state index in [1.165, 1.54) is 32.9 Å². The quantitative estimate of drug-likeness (QED) is 0.401. The summed E-state index contributed by atoms with van der Waals surface area (Å²) in [6.07, 6.45) is 3.54. The van der Waals surface area contributed by atoms with Crippen LogP contribution >= 0.6 is 34.4 Å². The SMILES string of the molecule is CCOC(=O)c1c(NC(=O)CSc2n[nH]c(Cc3cccs3)n2)sc2c1CCC2. The number of thiophene rings is 2. The van der Waals surface area contributed by atoms with Crippen molar-refractivity contribution in [2.24, 2.45) is 0 Å². The monoisotopic (exact) mass is 448 g/mol. The summed E-state index contributed by atoms with van der Waals surface area (Å²) in [4.78, 5) is 31.6. The lowest BCUT2D eigenvalue weighted by molar-refractivity contribution is -0.113. The van der Waals surface area contributed by atoms with Crippen LogP contribution in [0.1, 0.15) is 44.8 Å². The summed E-state index contributed by atoms with van der Waals surface area (Å²) < 4.78 is 5.20. The standard InChI is InChI=1S/C19H20N4O3S3/c1-2-26-18(25)16-12-6-3-7-13(12)29-17(16)21-15(24)10-28-19-20-14(22-23-19)9-11-5-4-8-27-11/h4-5,8H,2-3,6-7,9-10H2,1H3,(H,21,24)(H,20,22,23). The first kappa shape index (κ1) is 20.1. The van der Waals surface area contributed by atoms with Gasteiger partial charge in [0.1, 0.15) is 10.8 Å². The maximum atomic E-state index is 12.5. The summed E-state index contributed by atoms with van der Waals surface area (Å²) in [5.41, 5.74) is 1.56. The first-order valence-corrected chi connectivity index (χ1v) is 12.0. The van der Waals surface area contributed by atoms with Gasteiger partial charge in [-0.3, -0.25) is 9.89 Å². The number of nitrogens with one attached hydrogen (secondary N) is 2. The third-order valence-electron chi connectivity index (χ3n) is 4.42. The number of amides is 1. The second-order valence-corrected chi connectivity index (χ2v) is 9.52. The Hall–Kier alpha value is -2.17. The molecule has 0 atom stereocenters. The number of carbonyl (C=O) groups excluding carboxylic acids is 2. The Bertz CT molecular complexity index is 1010. The molecule has 2 N–H and O–H groups in total. The van der Waals surface area contributed by atoms with Gasteiger partial charge in [0.25, 0.3) is 0 Å².